The van der Waals surface area contributed by atoms with Crippen LogP contribution in [-0.4, -0.2) is 60.6 Å². The van der Waals surface area contributed by atoms with Gasteiger partial charge in [-0.3, -0.25) is 9.59 Å². The molecule has 166 valence electrons. The molecule has 1 aromatic heterocycles. The molecule has 2 aromatic rings. The van der Waals surface area contributed by atoms with Crippen LogP contribution in [0.2, 0.25) is 0 Å². The Balaban J connectivity index is 1.44. The highest BCUT2D eigenvalue weighted by Crippen LogP contribution is 2.26. The first-order chi connectivity index (χ1) is 14.8. The van der Waals surface area contributed by atoms with Gasteiger partial charge in [0, 0.05) is 38.1 Å². The number of hydrogen-bond acceptors (Lipinski definition) is 4. The fourth-order valence-electron chi connectivity index (χ4n) is 4.23. The maximum absolute atomic E-state index is 13.2. The molecule has 2 fully saturated rings. The zero-order valence-electron chi connectivity index (χ0n) is 17.6. The van der Waals surface area contributed by atoms with Crippen LogP contribution in [0.5, 0.6) is 0 Å². The lowest BCUT2D eigenvalue weighted by atomic mass is 9.98. The van der Waals surface area contributed by atoms with Gasteiger partial charge in [0.15, 0.2) is 0 Å². The third-order valence-electron chi connectivity index (χ3n) is 5.96. The van der Waals surface area contributed by atoms with Crippen molar-refractivity contribution in [3.05, 3.63) is 47.8 Å². The van der Waals surface area contributed by atoms with Gasteiger partial charge in [0.1, 0.15) is 10.6 Å². The monoisotopic (exact) mass is 444 g/mol. The topological polar surface area (TPSA) is 103 Å². The number of carbonyl (C=O) groups is 2. The summed E-state index contributed by atoms with van der Waals surface area (Å²) < 4.78 is 27.7. The molecule has 0 unspecified atom stereocenters. The number of amides is 2. The number of likely N-dealkylation sites (tertiary alicyclic amines) is 1. The summed E-state index contributed by atoms with van der Waals surface area (Å²) in [7, 11) is -3.79. The number of nitrogens with one attached hydrogen (secondary N) is 2. The van der Waals surface area contributed by atoms with E-state index in [9.17, 15) is 18.0 Å². The maximum Gasteiger partial charge on any atom is 0.270 e. The van der Waals surface area contributed by atoms with E-state index in [2.05, 4.69) is 10.3 Å². The number of aromatic nitrogens is 1. The number of nitrogens with zero attached hydrogens (tertiary/aromatic N) is 2. The van der Waals surface area contributed by atoms with E-state index in [0.29, 0.717) is 38.2 Å². The summed E-state index contributed by atoms with van der Waals surface area (Å²) in [6.07, 6.45) is 4.55. The zero-order valence-corrected chi connectivity index (χ0v) is 18.5. The van der Waals surface area contributed by atoms with E-state index < -0.39 is 15.9 Å². The number of carbonyl (C=O) groups excluding carboxylic acids is 2. The number of aryl methyl sites for hydroxylation is 1. The third-order valence-corrected chi connectivity index (χ3v) is 7.80. The summed E-state index contributed by atoms with van der Waals surface area (Å²) in [6.45, 7) is 3.83. The summed E-state index contributed by atoms with van der Waals surface area (Å²) in [5.74, 6) is -0.772. The molecule has 1 aromatic carbocycles. The van der Waals surface area contributed by atoms with Crippen LogP contribution in [0.25, 0.3) is 0 Å². The van der Waals surface area contributed by atoms with Crippen molar-refractivity contribution in [1.29, 1.82) is 0 Å². The summed E-state index contributed by atoms with van der Waals surface area (Å²) in [4.78, 5) is 29.9. The van der Waals surface area contributed by atoms with E-state index in [-0.39, 0.29) is 28.9 Å². The van der Waals surface area contributed by atoms with Crippen LogP contribution in [-0.2, 0) is 14.8 Å². The minimum Gasteiger partial charge on any atom is -0.356 e. The van der Waals surface area contributed by atoms with Gasteiger partial charge >= 0.3 is 0 Å². The largest absolute Gasteiger partial charge is 0.356 e. The Hall–Kier alpha value is -2.65. The van der Waals surface area contributed by atoms with Gasteiger partial charge < -0.3 is 15.2 Å². The maximum atomic E-state index is 13.2. The highest BCUT2D eigenvalue weighted by atomic mass is 32.2. The Bertz CT molecular complexity index is 1070. The van der Waals surface area contributed by atoms with Gasteiger partial charge in [-0.1, -0.05) is 12.1 Å². The Morgan fingerprint density at radius 1 is 1.10 bits per heavy atom. The van der Waals surface area contributed by atoms with E-state index in [0.717, 1.165) is 18.4 Å². The Kier molecular flexibility index (Phi) is 6.15. The highest BCUT2D eigenvalue weighted by Gasteiger charge is 2.34. The zero-order chi connectivity index (χ0) is 22.0. The van der Waals surface area contributed by atoms with Crippen molar-refractivity contribution in [2.75, 3.05) is 31.5 Å². The SMILES string of the molecule is Cc1cccc(NC(=O)[C@@H]2CCCN(S(=O)(=O)c3c[nH]c(C(=O)N4CCCC4)c3)C2)c1. The average molecular weight is 445 g/mol. The number of rotatable bonds is 5. The molecule has 2 saturated heterocycles. The van der Waals surface area contributed by atoms with Gasteiger partial charge in [0.2, 0.25) is 15.9 Å². The van der Waals surface area contributed by atoms with Gasteiger partial charge in [0.25, 0.3) is 5.91 Å². The summed E-state index contributed by atoms with van der Waals surface area (Å²) in [6, 6.07) is 8.93. The molecule has 1 atom stereocenters. The summed E-state index contributed by atoms with van der Waals surface area (Å²) in [5, 5.41) is 2.90. The van der Waals surface area contributed by atoms with Gasteiger partial charge in [-0.2, -0.15) is 4.31 Å². The van der Waals surface area contributed by atoms with Crippen molar-refractivity contribution >= 4 is 27.5 Å². The van der Waals surface area contributed by atoms with Crippen molar-refractivity contribution in [3.8, 4) is 0 Å². The average Bonchev–Trinajstić information content (AvgIpc) is 3.46. The molecule has 0 radical (unpaired) electrons. The van der Waals surface area contributed by atoms with E-state index in [1.807, 2.05) is 31.2 Å². The van der Waals surface area contributed by atoms with Crippen LogP contribution in [0.15, 0.2) is 41.4 Å². The fraction of sp³-hybridized carbons (Fsp3) is 0.455. The van der Waals surface area contributed by atoms with Gasteiger partial charge in [-0.25, -0.2) is 8.42 Å². The van der Waals surface area contributed by atoms with Crippen molar-refractivity contribution in [1.82, 2.24) is 14.2 Å². The lowest BCUT2D eigenvalue weighted by Crippen LogP contribution is -2.43. The summed E-state index contributed by atoms with van der Waals surface area (Å²) in [5.41, 5.74) is 2.03. The molecule has 0 aliphatic carbocycles. The molecular weight excluding hydrogens is 416 g/mol. The second-order valence-corrected chi connectivity index (χ2v) is 10.2. The van der Waals surface area contributed by atoms with E-state index in [4.69, 9.17) is 0 Å². The van der Waals surface area contributed by atoms with Crippen LogP contribution in [0.3, 0.4) is 0 Å². The summed E-state index contributed by atoms with van der Waals surface area (Å²) >= 11 is 0. The van der Waals surface area contributed by atoms with Crippen LogP contribution in [0.1, 0.15) is 41.7 Å². The minimum atomic E-state index is -3.79. The molecule has 4 rings (SSSR count). The Morgan fingerprint density at radius 3 is 2.61 bits per heavy atom. The number of sulfonamides is 1. The van der Waals surface area contributed by atoms with Crippen LogP contribution in [0, 0.1) is 12.8 Å². The number of anilines is 1. The van der Waals surface area contributed by atoms with Crippen LogP contribution in [0.4, 0.5) is 5.69 Å². The highest BCUT2D eigenvalue weighted by molar-refractivity contribution is 7.89. The molecule has 2 aliphatic rings. The Labute approximate surface area is 182 Å². The minimum absolute atomic E-state index is 0.0646. The molecule has 0 bridgehead atoms. The Morgan fingerprint density at radius 2 is 1.87 bits per heavy atom. The lowest BCUT2D eigenvalue weighted by Gasteiger charge is -2.31. The number of H-pyrrole nitrogens is 1. The number of aromatic amines is 1. The first-order valence-electron chi connectivity index (χ1n) is 10.7. The molecule has 31 heavy (non-hydrogen) atoms. The molecule has 8 nitrogen and oxygen atoms in total. The molecule has 9 heteroatoms. The van der Waals surface area contributed by atoms with Crippen molar-refractivity contribution < 1.29 is 18.0 Å². The van der Waals surface area contributed by atoms with Gasteiger partial charge in [-0.15, -0.1) is 0 Å². The molecule has 2 aliphatic heterocycles. The molecule has 3 heterocycles. The predicted octanol–water partition coefficient (Wildman–Crippen LogP) is 2.60. The number of hydrogen-bond donors (Lipinski definition) is 2. The molecular formula is C22H28N4O4S. The van der Waals surface area contributed by atoms with Crippen molar-refractivity contribution in [2.24, 2.45) is 5.92 Å². The molecule has 2 amide bonds. The van der Waals surface area contributed by atoms with E-state index >= 15 is 0 Å². The fourth-order valence-corrected chi connectivity index (χ4v) is 5.75. The number of piperidine rings is 1. The second-order valence-electron chi connectivity index (χ2n) is 8.31. The van der Waals surface area contributed by atoms with Gasteiger partial charge in [-0.05, 0) is 56.4 Å². The predicted molar refractivity (Wildman–Crippen MR) is 117 cm³/mol. The van der Waals surface area contributed by atoms with Crippen LogP contribution >= 0.6 is 0 Å². The second kappa shape index (κ2) is 8.84. The first kappa shape index (κ1) is 21.6. The molecule has 0 spiro atoms. The lowest BCUT2D eigenvalue weighted by molar-refractivity contribution is -0.120. The van der Waals surface area contributed by atoms with Crippen molar-refractivity contribution in [3.63, 3.8) is 0 Å². The third kappa shape index (κ3) is 4.67. The number of benzene rings is 1. The van der Waals surface area contributed by atoms with Crippen LogP contribution < -0.4 is 5.32 Å². The van der Waals surface area contributed by atoms with Crippen molar-refractivity contribution in [2.45, 2.75) is 37.5 Å². The van der Waals surface area contributed by atoms with Gasteiger partial charge in [0.05, 0.1) is 5.92 Å². The quantitative estimate of drug-likeness (QED) is 0.740. The smallest absolute Gasteiger partial charge is 0.270 e. The standard InChI is InChI=1S/C22H28N4O4S/c1-16-6-4-8-18(12-16)24-21(27)17-7-5-11-26(15-17)31(29,30)19-13-20(23-14-19)22(28)25-9-2-3-10-25/h4,6,8,12-14,17,23H,2-3,5,7,9-11,15H2,1H3,(H,24,27)/t17-/m1/s1. The first-order valence-corrected chi connectivity index (χ1v) is 12.1. The molecule has 2 N–H and O–H groups in total. The van der Waals surface area contributed by atoms with E-state index in [1.165, 1.54) is 16.6 Å². The molecule has 0 saturated carbocycles. The van der Waals surface area contributed by atoms with E-state index in [1.54, 1.807) is 4.90 Å². The normalized spacial score (nSPS) is 20.0.